The first-order valence-corrected chi connectivity index (χ1v) is 12.8. The van der Waals surface area contributed by atoms with E-state index in [-0.39, 0.29) is 0 Å². The predicted molar refractivity (Wildman–Crippen MR) is 128 cm³/mol. The zero-order chi connectivity index (χ0) is 20.1. The molecular weight excluding hydrogens is 364 g/mol. The van der Waals surface area contributed by atoms with E-state index in [2.05, 4.69) is 123 Å². The summed E-state index contributed by atoms with van der Waals surface area (Å²) >= 11 is 0. The minimum Gasteiger partial charge on any atom is -0.0625 e. The second-order valence-electron chi connectivity index (χ2n) is 8.15. The number of hydrogen-bond acceptors (Lipinski definition) is 0. The fraction of sp³-hybridized carbons (Fsp3) is 0.143. The Morgan fingerprint density at radius 2 is 0.897 bits per heavy atom. The second kappa shape index (κ2) is 8.63. The number of rotatable bonds is 6. The molecule has 0 heterocycles. The molecule has 0 radical (unpaired) electrons. The van der Waals surface area contributed by atoms with Crippen LogP contribution >= 0.6 is 0 Å². The average Bonchev–Trinajstić information content (AvgIpc) is 2.75. The first kappa shape index (κ1) is 19.4. The van der Waals surface area contributed by atoms with Crippen molar-refractivity contribution in [2.24, 2.45) is 0 Å². The van der Waals surface area contributed by atoms with Crippen LogP contribution in [0.4, 0.5) is 0 Å². The van der Waals surface area contributed by atoms with Crippen LogP contribution in [0.3, 0.4) is 0 Å². The summed E-state index contributed by atoms with van der Waals surface area (Å²) in [6.45, 7) is 4.42. The highest BCUT2D eigenvalue weighted by Crippen LogP contribution is 2.20. The van der Waals surface area contributed by atoms with Gasteiger partial charge in [0.05, 0.1) is 0 Å². The van der Waals surface area contributed by atoms with Crippen molar-refractivity contribution in [2.75, 3.05) is 0 Å². The van der Waals surface area contributed by atoms with E-state index in [0.717, 1.165) is 12.1 Å². The average molecular weight is 393 g/mol. The summed E-state index contributed by atoms with van der Waals surface area (Å²) in [6, 6.07) is 42.8. The highest BCUT2D eigenvalue weighted by Gasteiger charge is 2.37. The van der Waals surface area contributed by atoms with Gasteiger partial charge in [-0.25, -0.2) is 0 Å². The van der Waals surface area contributed by atoms with Crippen LogP contribution in [0.15, 0.2) is 109 Å². The highest BCUT2D eigenvalue weighted by atomic mass is 28.3. The van der Waals surface area contributed by atoms with Gasteiger partial charge in [0.25, 0.3) is 0 Å². The summed E-state index contributed by atoms with van der Waals surface area (Å²) in [4.78, 5) is 0. The molecular formula is C28H28Si. The molecule has 0 aliphatic heterocycles. The minimum absolute atomic E-state index is 1.11. The molecule has 0 amide bonds. The molecule has 0 N–H and O–H groups in total. The molecule has 0 aliphatic carbocycles. The monoisotopic (exact) mass is 392 g/mol. The van der Waals surface area contributed by atoms with E-state index in [9.17, 15) is 0 Å². The number of aryl methyl sites for hydroxylation is 2. The maximum absolute atomic E-state index is 2.43. The van der Waals surface area contributed by atoms with Crippen LogP contribution in [0.1, 0.15) is 22.3 Å². The molecule has 29 heavy (non-hydrogen) atoms. The molecule has 0 unspecified atom stereocenters. The largest absolute Gasteiger partial charge is 0.126 e. The van der Waals surface area contributed by atoms with E-state index in [1.807, 2.05) is 0 Å². The Balaban J connectivity index is 1.95. The molecule has 4 rings (SSSR count). The third kappa shape index (κ3) is 4.41. The van der Waals surface area contributed by atoms with E-state index < -0.39 is 8.07 Å². The first-order chi connectivity index (χ1) is 14.2. The SMILES string of the molecule is Cc1cccc([Si](Cc2ccccc2)(Cc2ccccc2)c2cccc(C)c2)c1. The predicted octanol–water partition coefficient (Wildman–Crippen LogP) is 5.43. The normalized spacial score (nSPS) is 11.4. The third-order valence-electron chi connectivity index (χ3n) is 5.84. The maximum Gasteiger partial charge on any atom is 0.126 e. The first-order valence-electron chi connectivity index (χ1n) is 10.4. The lowest BCUT2D eigenvalue weighted by Crippen LogP contribution is -2.62. The van der Waals surface area contributed by atoms with Gasteiger partial charge in [-0.3, -0.25) is 0 Å². The molecule has 0 aromatic heterocycles. The number of hydrogen-bond donors (Lipinski definition) is 0. The van der Waals surface area contributed by atoms with Crippen molar-refractivity contribution in [3.05, 3.63) is 131 Å². The van der Waals surface area contributed by atoms with Gasteiger partial charge < -0.3 is 0 Å². The Bertz CT molecular complexity index is 978. The van der Waals surface area contributed by atoms with Gasteiger partial charge in [-0.1, -0.05) is 142 Å². The van der Waals surface area contributed by atoms with Crippen LogP contribution in [-0.4, -0.2) is 8.07 Å². The molecule has 0 bridgehead atoms. The van der Waals surface area contributed by atoms with Crippen molar-refractivity contribution >= 4 is 18.4 Å². The van der Waals surface area contributed by atoms with Gasteiger partial charge in [0.15, 0.2) is 0 Å². The van der Waals surface area contributed by atoms with Crippen LogP contribution in [-0.2, 0) is 12.1 Å². The molecule has 0 nitrogen and oxygen atoms in total. The van der Waals surface area contributed by atoms with Crippen LogP contribution in [0.25, 0.3) is 0 Å². The summed E-state index contributed by atoms with van der Waals surface area (Å²) in [6.07, 6.45) is 0. The third-order valence-corrected chi connectivity index (χ3v) is 10.7. The maximum atomic E-state index is 2.43. The lowest BCUT2D eigenvalue weighted by Gasteiger charge is -2.34. The molecule has 0 fully saturated rings. The van der Waals surface area contributed by atoms with Gasteiger partial charge in [-0.05, 0) is 25.9 Å². The molecule has 0 atom stereocenters. The van der Waals surface area contributed by atoms with Crippen molar-refractivity contribution in [1.82, 2.24) is 0 Å². The highest BCUT2D eigenvalue weighted by molar-refractivity contribution is 7.01. The summed E-state index contributed by atoms with van der Waals surface area (Å²) in [5, 5.41) is 3.05. The molecule has 144 valence electrons. The van der Waals surface area contributed by atoms with Gasteiger partial charge in [0.2, 0.25) is 0 Å². The summed E-state index contributed by atoms with van der Waals surface area (Å²) in [7, 11) is -2.09. The summed E-state index contributed by atoms with van der Waals surface area (Å²) in [5.74, 6) is 0. The fourth-order valence-electron chi connectivity index (χ4n) is 4.41. The van der Waals surface area contributed by atoms with Crippen molar-refractivity contribution in [3.8, 4) is 0 Å². The summed E-state index contributed by atoms with van der Waals surface area (Å²) < 4.78 is 0. The number of benzene rings is 4. The zero-order valence-corrected chi connectivity index (χ0v) is 18.3. The molecule has 0 saturated heterocycles. The fourth-order valence-corrected chi connectivity index (χ4v) is 9.39. The van der Waals surface area contributed by atoms with E-state index in [1.165, 1.54) is 32.6 Å². The Morgan fingerprint density at radius 3 is 1.28 bits per heavy atom. The topological polar surface area (TPSA) is 0 Å². The van der Waals surface area contributed by atoms with Crippen LogP contribution in [0.2, 0.25) is 0 Å². The molecule has 0 spiro atoms. The Morgan fingerprint density at radius 1 is 0.483 bits per heavy atom. The van der Waals surface area contributed by atoms with Crippen molar-refractivity contribution < 1.29 is 0 Å². The molecule has 1 heteroatoms. The zero-order valence-electron chi connectivity index (χ0n) is 17.3. The van der Waals surface area contributed by atoms with Gasteiger partial charge >= 0.3 is 0 Å². The molecule has 4 aromatic carbocycles. The van der Waals surface area contributed by atoms with E-state index in [0.29, 0.717) is 0 Å². The standard InChI is InChI=1S/C28H28Si/c1-23-11-9-17-27(19-23)29(21-25-13-5-3-6-14-25,22-26-15-7-4-8-16-26)28-18-10-12-24(2)20-28/h3-20H,21-22H2,1-2H3. The van der Waals surface area contributed by atoms with Crippen molar-refractivity contribution in [3.63, 3.8) is 0 Å². The Labute approximate surface area is 175 Å². The Kier molecular flexibility index (Phi) is 5.78. The van der Waals surface area contributed by atoms with Crippen LogP contribution in [0, 0.1) is 13.8 Å². The van der Waals surface area contributed by atoms with Crippen molar-refractivity contribution in [1.29, 1.82) is 0 Å². The minimum atomic E-state index is -2.09. The second-order valence-corrected chi connectivity index (χ2v) is 12.2. The summed E-state index contributed by atoms with van der Waals surface area (Å²) in [5.41, 5.74) is 5.54. The van der Waals surface area contributed by atoms with Crippen LogP contribution < -0.4 is 10.4 Å². The van der Waals surface area contributed by atoms with Crippen molar-refractivity contribution in [2.45, 2.75) is 25.9 Å². The lowest BCUT2D eigenvalue weighted by molar-refractivity contribution is 1.24. The quantitative estimate of drug-likeness (QED) is 0.384. The molecule has 4 aromatic rings. The van der Waals surface area contributed by atoms with Gasteiger partial charge in [-0.2, -0.15) is 0 Å². The Hall–Kier alpha value is -2.90. The van der Waals surface area contributed by atoms with E-state index in [4.69, 9.17) is 0 Å². The van der Waals surface area contributed by atoms with Gasteiger partial charge in [0.1, 0.15) is 8.07 Å². The smallest absolute Gasteiger partial charge is 0.0625 e. The van der Waals surface area contributed by atoms with Gasteiger partial charge in [-0.15, -0.1) is 0 Å². The van der Waals surface area contributed by atoms with Gasteiger partial charge in [0, 0.05) is 0 Å². The molecule has 0 saturated carbocycles. The van der Waals surface area contributed by atoms with E-state index >= 15 is 0 Å². The lowest BCUT2D eigenvalue weighted by atomic mass is 10.2. The molecule has 0 aliphatic rings. The van der Waals surface area contributed by atoms with Crippen LogP contribution in [0.5, 0.6) is 0 Å². The van der Waals surface area contributed by atoms with E-state index in [1.54, 1.807) is 0 Å².